The van der Waals surface area contributed by atoms with Gasteiger partial charge in [-0.25, -0.2) is 9.36 Å². The van der Waals surface area contributed by atoms with Crippen molar-refractivity contribution in [2.24, 2.45) is 7.05 Å². The molecule has 0 aliphatic heterocycles. The number of aromatic nitrogens is 1. The van der Waals surface area contributed by atoms with Gasteiger partial charge in [0.15, 0.2) is 12.4 Å². The van der Waals surface area contributed by atoms with Gasteiger partial charge in [0.05, 0.1) is 0 Å². The van der Waals surface area contributed by atoms with Crippen LogP contribution in [0.5, 0.6) is 0 Å². The number of nitrogens with zero attached hydrogens (tertiary/aromatic N) is 1. The molecule has 0 aliphatic carbocycles. The molecule has 1 rings (SSSR count). The van der Waals surface area contributed by atoms with Crippen LogP contribution in [0, 0.1) is 0 Å². The Morgan fingerprint density at radius 1 is 0.816 bits per heavy atom. The molecule has 4 nitrogen and oxygen atoms in total. The molecule has 0 spiro atoms. The van der Waals surface area contributed by atoms with E-state index in [4.69, 9.17) is 4.74 Å². The number of hydrogen-bond acceptors (Lipinski definition) is 2. The first-order valence-electron chi connectivity index (χ1n) is 15.9. The summed E-state index contributed by atoms with van der Waals surface area (Å²) in [5, 5.41) is 2.89. The third kappa shape index (κ3) is 20.2. The zero-order chi connectivity index (χ0) is 27.9. The fourth-order valence-electron chi connectivity index (χ4n) is 4.92. The van der Waals surface area contributed by atoms with E-state index in [1.165, 1.54) is 108 Å². The van der Waals surface area contributed by atoms with E-state index < -0.39 is 5.60 Å². The van der Waals surface area contributed by atoms with Gasteiger partial charge in [0, 0.05) is 18.7 Å². The SMILES string of the molecule is CCCCCCCCC=CCCCCCCCCC(CCCCNC(=O)OC(C)(C)C)c1cc[n+](C)cc1. The predicted octanol–water partition coefficient (Wildman–Crippen LogP) is 9.72. The number of unbranched alkanes of at least 4 members (excludes halogenated alkanes) is 13. The quantitative estimate of drug-likeness (QED) is 0.0922. The van der Waals surface area contributed by atoms with Gasteiger partial charge >= 0.3 is 6.09 Å². The third-order valence-electron chi connectivity index (χ3n) is 7.19. The Morgan fingerprint density at radius 2 is 1.32 bits per heavy atom. The summed E-state index contributed by atoms with van der Waals surface area (Å²) in [4.78, 5) is 11.8. The first-order chi connectivity index (χ1) is 18.3. The average molecular weight is 530 g/mol. The lowest BCUT2D eigenvalue weighted by Gasteiger charge is -2.20. The number of alkyl carbamates (subject to hydrolysis) is 1. The fraction of sp³-hybridized carbons (Fsp3) is 0.765. The zero-order valence-corrected chi connectivity index (χ0v) is 25.7. The minimum absolute atomic E-state index is 0.311. The highest BCUT2D eigenvalue weighted by Gasteiger charge is 2.16. The Hall–Kier alpha value is -1.84. The van der Waals surface area contributed by atoms with Crippen LogP contribution in [0.3, 0.4) is 0 Å². The number of pyridine rings is 1. The van der Waals surface area contributed by atoms with E-state index in [0.29, 0.717) is 12.5 Å². The highest BCUT2D eigenvalue weighted by molar-refractivity contribution is 5.67. The molecule has 218 valence electrons. The van der Waals surface area contributed by atoms with Gasteiger partial charge < -0.3 is 10.1 Å². The molecule has 0 bridgehead atoms. The molecule has 1 unspecified atom stereocenters. The summed E-state index contributed by atoms with van der Waals surface area (Å²) in [6, 6.07) is 4.56. The number of hydrogen-bond donors (Lipinski definition) is 1. The van der Waals surface area contributed by atoms with E-state index in [2.05, 4.69) is 60.5 Å². The topological polar surface area (TPSA) is 42.2 Å². The van der Waals surface area contributed by atoms with Crippen molar-refractivity contribution in [3.8, 4) is 0 Å². The van der Waals surface area contributed by atoms with Gasteiger partial charge in [-0.05, 0) is 77.2 Å². The first-order valence-corrected chi connectivity index (χ1v) is 15.9. The standard InChI is InChI=1S/C34H60N2O2/c1-6-7-8-9-10-11-12-13-14-15-16-17-18-19-20-21-24-31(32-26-29-36(5)30-27-32)25-22-23-28-35-33(37)38-34(2,3)4/h13-14,26-27,29-31H,6-12,15-25,28H2,1-5H3/p+1. The molecule has 1 atom stereocenters. The summed E-state index contributed by atoms with van der Waals surface area (Å²) in [5.74, 6) is 0.606. The van der Waals surface area contributed by atoms with E-state index in [1.807, 2.05) is 20.8 Å². The largest absolute Gasteiger partial charge is 0.444 e. The Morgan fingerprint density at radius 3 is 1.87 bits per heavy atom. The summed E-state index contributed by atoms with van der Waals surface area (Å²) >= 11 is 0. The lowest BCUT2D eigenvalue weighted by Crippen LogP contribution is -2.33. The Labute approximate surface area is 236 Å². The van der Waals surface area contributed by atoms with E-state index in [1.54, 1.807) is 0 Å². The molecule has 0 saturated carbocycles. The number of ether oxygens (including phenoxy) is 1. The molecule has 1 amide bonds. The van der Waals surface area contributed by atoms with E-state index in [9.17, 15) is 4.79 Å². The van der Waals surface area contributed by atoms with Crippen LogP contribution in [0.2, 0.25) is 0 Å². The Bertz CT molecular complexity index is 721. The minimum Gasteiger partial charge on any atom is -0.444 e. The maximum atomic E-state index is 11.8. The van der Waals surface area contributed by atoms with Crippen molar-refractivity contribution in [3.05, 3.63) is 42.2 Å². The molecule has 1 heterocycles. The molecule has 0 saturated heterocycles. The lowest BCUT2D eigenvalue weighted by atomic mass is 9.89. The third-order valence-corrected chi connectivity index (χ3v) is 7.19. The Kier molecular flexibility index (Phi) is 19.8. The second kappa shape index (κ2) is 22.0. The molecule has 0 radical (unpaired) electrons. The number of carbonyl (C=O) groups is 1. The summed E-state index contributed by atoms with van der Waals surface area (Å²) < 4.78 is 7.44. The van der Waals surface area contributed by atoms with Crippen LogP contribution in [0.25, 0.3) is 0 Å². The van der Waals surface area contributed by atoms with Crippen molar-refractivity contribution < 1.29 is 14.1 Å². The molecule has 1 aromatic heterocycles. The smallest absolute Gasteiger partial charge is 0.407 e. The fourth-order valence-corrected chi connectivity index (χ4v) is 4.92. The van der Waals surface area contributed by atoms with Crippen molar-refractivity contribution in [3.63, 3.8) is 0 Å². The monoisotopic (exact) mass is 529 g/mol. The van der Waals surface area contributed by atoms with Crippen LogP contribution in [0.1, 0.15) is 155 Å². The zero-order valence-electron chi connectivity index (χ0n) is 25.7. The molecule has 0 fully saturated rings. The molecule has 1 aromatic rings. The van der Waals surface area contributed by atoms with Gasteiger partial charge in [0.25, 0.3) is 0 Å². The highest BCUT2D eigenvalue weighted by atomic mass is 16.6. The summed E-state index contributed by atoms with van der Waals surface area (Å²) in [5.41, 5.74) is 1.01. The van der Waals surface area contributed by atoms with Gasteiger partial charge in [0.1, 0.15) is 12.6 Å². The van der Waals surface area contributed by atoms with Gasteiger partial charge in [0.2, 0.25) is 0 Å². The molecule has 4 heteroatoms. The van der Waals surface area contributed by atoms with Gasteiger partial charge in [-0.2, -0.15) is 0 Å². The molecular formula is C34H61N2O2+. The molecule has 0 aliphatic rings. The normalized spacial score (nSPS) is 12.7. The van der Waals surface area contributed by atoms with E-state index in [-0.39, 0.29) is 6.09 Å². The predicted molar refractivity (Wildman–Crippen MR) is 163 cm³/mol. The van der Waals surface area contributed by atoms with Crippen molar-refractivity contribution in [1.82, 2.24) is 5.32 Å². The van der Waals surface area contributed by atoms with Crippen molar-refractivity contribution in [2.45, 2.75) is 155 Å². The van der Waals surface area contributed by atoms with Crippen LogP contribution in [0.15, 0.2) is 36.7 Å². The number of carbonyl (C=O) groups excluding carboxylic acids is 1. The highest BCUT2D eigenvalue weighted by Crippen LogP contribution is 2.27. The van der Waals surface area contributed by atoms with Crippen LogP contribution in [-0.2, 0) is 11.8 Å². The van der Waals surface area contributed by atoms with Crippen LogP contribution < -0.4 is 9.88 Å². The maximum absolute atomic E-state index is 11.8. The van der Waals surface area contributed by atoms with Gasteiger partial charge in [-0.3, -0.25) is 0 Å². The number of rotatable bonds is 22. The van der Waals surface area contributed by atoms with Crippen molar-refractivity contribution in [1.29, 1.82) is 0 Å². The number of aryl methyl sites for hydroxylation is 1. The second-order valence-corrected chi connectivity index (χ2v) is 12.1. The minimum atomic E-state index is -0.442. The van der Waals surface area contributed by atoms with Gasteiger partial charge in [-0.15, -0.1) is 0 Å². The molecular weight excluding hydrogens is 468 g/mol. The van der Waals surface area contributed by atoms with Crippen LogP contribution >= 0.6 is 0 Å². The van der Waals surface area contributed by atoms with Gasteiger partial charge in [-0.1, -0.05) is 89.7 Å². The van der Waals surface area contributed by atoms with E-state index in [0.717, 1.165) is 12.8 Å². The maximum Gasteiger partial charge on any atom is 0.407 e. The molecule has 0 aromatic carbocycles. The van der Waals surface area contributed by atoms with Crippen molar-refractivity contribution in [2.75, 3.05) is 6.54 Å². The summed E-state index contributed by atoms with van der Waals surface area (Å²) in [6.45, 7) is 8.65. The van der Waals surface area contributed by atoms with E-state index >= 15 is 0 Å². The Balaban J connectivity index is 2.16. The van der Waals surface area contributed by atoms with Crippen molar-refractivity contribution >= 4 is 6.09 Å². The summed E-state index contributed by atoms with van der Waals surface area (Å²) in [7, 11) is 2.08. The summed E-state index contributed by atoms with van der Waals surface area (Å²) in [6.07, 6.45) is 32.3. The van der Waals surface area contributed by atoms with Crippen LogP contribution in [0.4, 0.5) is 4.79 Å². The average Bonchev–Trinajstić information content (AvgIpc) is 2.86. The van der Waals surface area contributed by atoms with Crippen LogP contribution in [-0.4, -0.2) is 18.2 Å². The number of allylic oxidation sites excluding steroid dienone is 2. The second-order valence-electron chi connectivity index (χ2n) is 12.1. The lowest BCUT2D eigenvalue weighted by molar-refractivity contribution is -0.671. The molecule has 1 N–H and O–H groups in total. The first kappa shape index (κ1) is 34.2. The number of amides is 1. The number of nitrogens with one attached hydrogen (secondary N) is 1. The molecule has 38 heavy (non-hydrogen) atoms.